The first-order valence-electron chi connectivity index (χ1n) is 6.01. The van der Waals surface area contributed by atoms with Gasteiger partial charge in [-0.15, -0.1) is 0 Å². The van der Waals surface area contributed by atoms with E-state index >= 15 is 0 Å². The molecule has 22 heavy (non-hydrogen) atoms. The third-order valence-electron chi connectivity index (χ3n) is 2.80. The number of nitrogens with one attached hydrogen (secondary N) is 1. The molecule has 1 amide bonds. The van der Waals surface area contributed by atoms with Crippen molar-refractivity contribution in [3.63, 3.8) is 0 Å². The lowest BCUT2D eigenvalue weighted by molar-refractivity contribution is -0.141. The highest BCUT2D eigenvalue weighted by molar-refractivity contribution is 9.10. The van der Waals surface area contributed by atoms with Crippen molar-refractivity contribution < 1.29 is 18.0 Å². The number of rotatable bonds is 3. The number of halogens is 5. The van der Waals surface area contributed by atoms with E-state index in [-0.39, 0.29) is 6.54 Å². The van der Waals surface area contributed by atoms with Gasteiger partial charge in [-0.05, 0) is 17.7 Å². The predicted octanol–water partition coefficient (Wildman–Crippen LogP) is 3.78. The van der Waals surface area contributed by atoms with E-state index in [0.29, 0.717) is 10.6 Å². The Morgan fingerprint density at radius 3 is 2.73 bits per heavy atom. The van der Waals surface area contributed by atoms with Crippen molar-refractivity contribution in [2.45, 2.75) is 12.7 Å². The molecule has 0 atom stereocenters. The molecular formula is C13H10BrClF3N3O. The van der Waals surface area contributed by atoms with E-state index in [0.717, 1.165) is 15.4 Å². The molecule has 0 spiro atoms. The van der Waals surface area contributed by atoms with Crippen molar-refractivity contribution in [1.82, 2.24) is 15.1 Å². The second kappa shape index (κ2) is 6.29. The van der Waals surface area contributed by atoms with Crippen LogP contribution in [0.5, 0.6) is 0 Å². The van der Waals surface area contributed by atoms with Crippen molar-refractivity contribution in [3.05, 3.63) is 50.7 Å². The topological polar surface area (TPSA) is 46.9 Å². The number of carbonyl (C=O) groups excluding carboxylic acids is 1. The highest BCUT2D eigenvalue weighted by atomic mass is 79.9. The van der Waals surface area contributed by atoms with Crippen LogP contribution >= 0.6 is 27.5 Å². The van der Waals surface area contributed by atoms with Crippen molar-refractivity contribution in [2.75, 3.05) is 0 Å². The molecule has 1 aromatic heterocycles. The van der Waals surface area contributed by atoms with Crippen molar-refractivity contribution in [3.8, 4) is 0 Å². The summed E-state index contributed by atoms with van der Waals surface area (Å²) in [6, 6.07) is 5.02. The van der Waals surface area contributed by atoms with Gasteiger partial charge in [-0.2, -0.15) is 18.3 Å². The number of aromatic nitrogens is 2. The molecule has 118 valence electrons. The monoisotopic (exact) mass is 395 g/mol. The Labute approximate surface area is 137 Å². The first-order valence-corrected chi connectivity index (χ1v) is 7.18. The van der Waals surface area contributed by atoms with Crippen molar-refractivity contribution in [2.24, 2.45) is 7.05 Å². The molecule has 0 saturated heterocycles. The van der Waals surface area contributed by atoms with Gasteiger partial charge in [-0.25, -0.2) is 0 Å². The molecule has 1 aromatic carbocycles. The molecule has 0 fully saturated rings. The number of alkyl halides is 3. The van der Waals surface area contributed by atoms with Gasteiger partial charge in [0.25, 0.3) is 5.91 Å². The average Bonchev–Trinajstić information content (AvgIpc) is 2.79. The highest BCUT2D eigenvalue weighted by Gasteiger charge is 2.38. The Balaban J connectivity index is 2.16. The van der Waals surface area contributed by atoms with Crippen LogP contribution in [0.15, 0.2) is 28.9 Å². The van der Waals surface area contributed by atoms with Crippen LogP contribution in [0.1, 0.15) is 21.6 Å². The second-order valence-corrected chi connectivity index (χ2v) is 5.80. The molecule has 4 nitrogen and oxygen atoms in total. The number of hydrogen-bond donors (Lipinski definition) is 1. The van der Waals surface area contributed by atoms with E-state index in [1.165, 1.54) is 7.05 Å². The van der Waals surface area contributed by atoms with Crippen LogP contribution in [0, 0.1) is 0 Å². The Kier molecular flexibility index (Phi) is 4.81. The van der Waals surface area contributed by atoms with Gasteiger partial charge in [0, 0.05) is 29.3 Å². The lowest BCUT2D eigenvalue weighted by Crippen LogP contribution is -2.25. The van der Waals surface area contributed by atoms with Crippen LogP contribution in [0.3, 0.4) is 0 Å². The molecular weight excluding hydrogens is 387 g/mol. The van der Waals surface area contributed by atoms with Gasteiger partial charge in [0.1, 0.15) is 0 Å². The van der Waals surface area contributed by atoms with Gasteiger partial charge in [-0.1, -0.05) is 33.6 Å². The van der Waals surface area contributed by atoms with E-state index in [4.69, 9.17) is 11.6 Å². The maximum Gasteiger partial charge on any atom is 0.435 e. The van der Waals surface area contributed by atoms with Crippen molar-refractivity contribution in [1.29, 1.82) is 0 Å². The van der Waals surface area contributed by atoms with Crippen LogP contribution in [0.25, 0.3) is 0 Å². The Morgan fingerprint density at radius 1 is 1.45 bits per heavy atom. The summed E-state index contributed by atoms with van der Waals surface area (Å²) < 4.78 is 40.1. The fourth-order valence-corrected chi connectivity index (χ4v) is 2.54. The minimum atomic E-state index is -4.69. The van der Waals surface area contributed by atoms with Gasteiger partial charge in [-0.3, -0.25) is 9.48 Å². The van der Waals surface area contributed by atoms with Gasteiger partial charge in [0.15, 0.2) is 5.69 Å². The summed E-state index contributed by atoms with van der Waals surface area (Å²) in [5, 5.41) is 6.09. The normalized spacial score (nSPS) is 11.5. The summed E-state index contributed by atoms with van der Waals surface area (Å²) in [5.74, 6) is -0.862. The average molecular weight is 397 g/mol. The van der Waals surface area contributed by atoms with E-state index in [1.54, 1.807) is 18.2 Å². The number of benzene rings is 1. The molecule has 2 rings (SSSR count). The molecule has 0 radical (unpaired) electrons. The molecule has 0 aliphatic rings. The molecule has 0 aliphatic carbocycles. The Bertz CT molecular complexity index is 715. The third kappa shape index (κ3) is 3.80. The fraction of sp³-hybridized carbons (Fsp3) is 0.231. The first-order chi connectivity index (χ1) is 10.2. The molecule has 1 heterocycles. The number of nitrogens with zero attached hydrogens (tertiary/aromatic N) is 2. The minimum Gasteiger partial charge on any atom is -0.348 e. The summed E-state index contributed by atoms with van der Waals surface area (Å²) in [6.45, 7) is 0.0110. The Hall–Kier alpha value is -1.54. The number of hydrogen-bond acceptors (Lipinski definition) is 2. The van der Waals surface area contributed by atoms with Gasteiger partial charge in [0.05, 0.1) is 5.56 Å². The van der Waals surface area contributed by atoms with Crippen LogP contribution < -0.4 is 5.32 Å². The smallest absolute Gasteiger partial charge is 0.348 e. The lowest BCUT2D eigenvalue weighted by Gasteiger charge is -2.08. The quantitative estimate of drug-likeness (QED) is 0.858. The summed E-state index contributed by atoms with van der Waals surface area (Å²) >= 11 is 9.23. The summed E-state index contributed by atoms with van der Waals surface area (Å²) in [5.41, 5.74) is -1.15. The molecule has 0 aliphatic heterocycles. The summed E-state index contributed by atoms with van der Waals surface area (Å²) in [4.78, 5) is 12.0. The molecule has 0 saturated carbocycles. The Morgan fingerprint density at radius 2 is 2.14 bits per heavy atom. The van der Waals surface area contributed by atoms with Gasteiger partial charge < -0.3 is 5.32 Å². The summed E-state index contributed by atoms with van der Waals surface area (Å²) in [6.07, 6.45) is -3.66. The molecule has 0 unspecified atom stereocenters. The van der Waals surface area contributed by atoms with Crippen molar-refractivity contribution >= 4 is 33.4 Å². The molecule has 1 N–H and O–H groups in total. The fourth-order valence-electron chi connectivity index (χ4n) is 1.80. The predicted molar refractivity (Wildman–Crippen MR) is 78.5 cm³/mol. The zero-order chi connectivity index (χ0) is 16.5. The van der Waals surface area contributed by atoms with E-state index in [1.807, 2.05) is 0 Å². The second-order valence-electron chi connectivity index (χ2n) is 4.48. The first kappa shape index (κ1) is 16.8. The zero-order valence-electron chi connectivity index (χ0n) is 11.2. The lowest BCUT2D eigenvalue weighted by atomic mass is 10.2. The maximum atomic E-state index is 12.8. The van der Waals surface area contributed by atoms with Crippen LogP contribution in [0.2, 0.25) is 5.02 Å². The molecule has 9 heteroatoms. The standard InChI is InChI=1S/C13H10BrClF3N3O/c1-21-6-9(11(20-21)13(16,17)18)12(22)19-5-7-2-3-8(14)4-10(7)15/h2-4,6H,5H2,1H3,(H,19,22). The van der Waals surface area contributed by atoms with E-state index in [2.05, 4.69) is 26.3 Å². The van der Waals surface area contributed by atoms with Gasteiger partial charge in [0.2, 0.25) is 0 Å². The molecule has 0 bridgehead atoms. The largest absolute Gasteiger partial charge is 0.435 e. The van der Waals surface area contributed by atoms with Gasteiger partial charge >= 0.3 is 6.18 Å². The number of carbonyl (C=O) groups is 1. The summed E-state index contributed by atoms with van der Waals surface area (Å²) in [7, 11) is 1.32. The van der Waals surface area contributed by atoms with Crippen LogP contribution in [-0.2, 0) is 19.8 Å². The number of aryl methyl sites for hydroxylation is 1. The highest BCUT2D eigenvalue weighted by Crippen LogP contribution is 2.30. The van der Waals surface area contributed by atoms with E-state index < -0.39 is 23.3 Å². The maximum absolute atomic E-state index is 12.8. The van der Waals surface area contributed by atoms with E-state index in [9.17, 15) is 18.0 Å². The minimum absolute atomic E-state index is 0.0110. The third-order valence-corrected chi connectivity index (χ3v) is 3.64. The number of amides is 1. The van der Waals surface area contributed by atoms with Crippen LogP contribution in [-0.4, -0.2) is 15.7 Å². The SMILES string of the molecule is Cn1cc(C(=O)NCc2ccc(Br)cc2Cl)c(C(F)(F)F)n1. The van der Waals surface area contributed by atoms with Crippen LogP contribution in [0.4, 0.5) is 13.2 Å². The zero-order valence-corrected chi connectivity index (χ0v) is 13.6. The molecule has 2 aromatic rings.